The molecule has 0 aliphatic rings. The van der Waals surface area contributed by atoms with E-state index in [1.165, 1.54) is 0 Å². The van der Waals surface area contributed by atoms with Crippen molar-refractivity contribution < 1.29 is 4.74 Å². The molecule has 2 N–H and O–H groups in total. The van der Waals surface area contributed by atoms with E-state index in [0.29, 0.717) is 13.2 Å². The maximum absolute atomic E-state index is 5.81. The molecule has 94 valence electrons. The van der Waals surface area contributed by atoms with Gasteiger partial charge in [-0.1, -0.05) is 28.1 Å². The first kappa shape index (κ1) is 13.1. The first-order valence-corrected chi connectivity index (χ1v) is 6.51. The van der Waals surface area contributed by atoms with Crippen LogP contribution in [-0.2, 0) is 13.2 Å². The molecule has 1 aromatic heterocycles. The maximum atomic E-state index is 5.81. The van der Waals surface area contributed by atoms with Crippen molar-refractivity contribution in [3.63, 3.8) is 0 Å². The molecule has 0 aliphatic carbocycles. The van der Waals surface area contributed by atoms with Gasteiger partial charge in [-0.2, -0.15) is 0 Å². The zero-order valence-electron chi connectivity index (χ0n) is 10.2. The molecule has 0 unspecified atom stereocenters. The topological polar surface area (TPSA) is 48.1 Å². The summed E-state index contributed by atoms with van der Waals surface area (Å²) in [4.78, 5) is 4.21. The van der Waals surface area contributed by atoms with Crippen LogP contribution in [0.25, 0.3) is 0 Å². The largest absolute Gasteiger partial charge is 0.488 e. The zero-order chi connectivity index (χ0) is 13.0. The van der Waals surface area contributed by atoms with Crippen LogP contribution in [0.4, 0.5) is 0 Å². The van der Waals surface area contributed by atoms with Crippen molar-refractivity contribution in [2.45, 2.75) is 20.1 Å². The number of halogens is 1. The average molecular weight is 307 g/mol. The number of aromatic nitrogens is 1. The number of rotatable bonds is 4. The lowest BCUT2D eigenvalue weighted by atomic mass is 10.2. The highest BCUT2D eigenvalue weighted by Crippen LogP contribution is 2.20. The van der Waals surface area contributed by atoms with Crippen LogP contribution in [-0.4, -0.2) is 4.98 Å². The van der Waals surface area contributed by atoms with Gasteiger partial charge in [0, 0.05) is 34.5 Å². The van der Waals surface area contributed by atoms with Gasteiger partial charge in [0.2, 0.25) is 0 Å². The van der Waals surface area contributed by atoms with E-state index in [0.717, 1.165) is 27.0 Å². The molecule has 1 aromatic carbocycles. The number of aryl methyl sites for hydroxylation is 1. The quantitative estimate of drug-likeness (QED) is 0.943. The molecule has 2 aromatic rings. The first-order valence-electron chi connectivity index (χ1n) is 5.72. The van der Waals surface area contributed by atoms with Gasteiger partial charge in [-0.3, -0.25) is 4.98 Å². The average Bonchev–Trinajstić information content (AvgIpc) is 2.37. The molecule has 0 saturated carbocycles. The normalized spacial score (nSPS) is 10.4. The maximum Gasteiger partial charge on any atom is 0.127 e. The minimum Gasteiger partial charge on any atom is -0.488 e. The highest BCUT2D eigenvalue weighted by molar-refractivity contribution is 9.10. The second kappa shape index (κ2) is 5.98. The third-order valence-corrected chi connectivity index (χ3v) is 3.08. The van der Waals surface area contributed by atoms with Gasteiger partial charge in [0.15, 0.2) is 0 Å². The van der Waals surface area contributed by atoms with E-state index in [2.05, 4.69) is 20.9 Å². The van der Waals surface area contributed by atoms with Crippen LogP contribution in [0.5, 0.6) is 5.75 Å². The molecular weight excluding hydrogens is 292 g/mol. The fourth-order valence-corrected chi connectivity index (χ4v) is 2.09. The predicted octanol–water partition coefficient (Wildman–Crippen LogP) is 3.19. The minimum atomic E-state index is 0.432. The summed E-state index contributed by atoms with van der Waals surface area (Å²) in [6, 6.07) is 9.97. The Balaban J connectivity index is 2.12. The van der Waals surface area contributed by atoms with Crippen LogP contribution >= 0.6 is 15.9 Å². The van der Waals surface area contributed by atoms with Crippen LogP contribution in [0.15, 0.2) is 41.0 Å². The summed E-state index contributed by atoms with van der Waals surface area (Å²) in [6.07, 6.45) is 1.77. The summed E-state index contributed by atoms with van der Waals surface area (Å²) >= 11 is 3.44. The molecule has 0 bridgehead atoms. The fourth-order valence-electron chi connectivity index (χ4n) is 1.64. The van der Waals surface area contributed by atoms with Gasteiger partial charge >= 0.3 is 0 Å². The molecule has 0 fully saturated rings. The van der Waals surface area contributed by atoms with Gasteiger partial charge in [0.25, 0.3) is 0 Å². The summed E-state index contributed by atoms with van der Waals surface area (Å²) in [6.45, 7) is 2.89. The standard InChI is InChI=1S/C14H15BrN2O/c1-10-5-14(12(7-16)8-17-10)18-9-11-3-2-4-13(15)6-11/h2-6,8H,7,9,16H2,1H3. The summed E-state index contributed by atoms with van der Waals surface area (Å²) in [5.41, 5.74) is 8.63. The lowest BCUT2D eigenvalue weighted by molar-refractivity contribution is 0.302. The third-order valence-electron chi connectivity index (χ3n) is 2.58. The minimum absolute atomic E-state index is 0.432. The van der Waals surface area contributed by atoms with Crippen LogP contribution in [0.3, 0.4) is 0 Å². The Labute approximate surface area is 115 Å². The highest BCUT2D eigenvalue weighted by atomic mass is 79.9. The lowest BCUT2D eigenvalue weighted by Crippen LogP contribution is -2.04. The number of hydrogen-bond donors (Lipinski definition) is 1. The molecule has 0 saturated heterocycles. The molecule has 0 radical (unpaired) electrons. The molecule has 1 heterocycles. The molecular formula is C14H15BrN2O. The van der Waals surface area contributed by atoms with Crippen molar-refractivity contribution in [3.8, 4) is 5.75 Å². The van der Waals surface area contributed by atoms with Crippen molar-refractivity contribution >= 4 is 15.9 Å². The molecule has 3 nitrogen and oxygen atoms in total. The third kappa shape index (κ3) is 3.31. The van der Waals surface area contributed by atoms with E-state index in [1.54, 1.807) is 6.20 Å². The molecule has 0 aliphatic heterocycles. The molecule has 18 heavy (non-hydrogen) atoms. The Bertz CT molecular complexity index is 543. The molecule has 0 atom stereocenters. The van der Waals surface area contributed by atoms with Gasteiger partial charge in [-0.05, 0) is 24.6 Å². The van der Waals surface area contributed by atoms with E-state index < -0.39 is 0 Å². The van der Waals surface area contributed by atoms with Crippen LogP contribution in [0.1, 0.15) is 16.8 Å². The monoisotopic (exact) mass is 306 g/mol. The number of hydrogen-bond acceptors (Lipinski definition) is 3. The van der Waals surface area contributed by atoms with Crippen LogP contribution in [0, 0.1) is 6.92 Å². The fraction of sp³-hybridized carbons (Fsp3) is 0.214. The Hall–Kier alpha value is -1.39. The number of pyridine rings is 1. The van der Waals surface area contributed by atoms with Crippen molar-refractivity contribution in [2.24, 2.45) is 5.73 Å². The van der Waals surface area contributed by atoms with E-state index in [1.807, 2.05) is 37.3 Å². The molecule has 4 heteroatoms. The number of benzene rings is 1. The molecule has 0 spiro atoms. The zero-order valence-corrected chi connectivity index (χ0v) is 11.8. The van der Waals surface area contributed by atoms with E-state index in [4.69, 9.17) is 10.5 Å². The van der Waals surface area contributed by atoms with Crippen LogP contribution in [0.2, 0.25) is 0 Å². The van der Waals surface area contributed by atoms with E-state index in [-0.39, 0.29) is 0 Å². The van der Waals surface area contributed by atoms with E-state index >= 15 is 0 Å². The van der Waals surface area contributed by atoms with Gasteiger partial charge in [-0.15, -0.1) is 0 Å². The summed E-state index contributed by atoms with van der Waals surface area (Å²) < 4.78 is 6.86. The molecule has 2 rings (SSSR count). The van der Waals surface area contributed by atoms with Crippen LogP contribution < -0.4 is 10.5 Å². The Morgan fingerprint density at radius 1 is 1.33 bits per heavy atom. The van der Waals surface area contributed by atoms with Gasteiger partial charge in [-0.25, -0.2) is 0 Å². The second-order valence-corrected chi connectivity index (χ2v) is 4.97. The summed E-state index contributed by atoms with van der Waals surface area (Å²) in [5, 5.41) is 0. The number of ether oxygens (including phenoxy) is 1. The Kier molecular flexibility index (Phi) is 4.33. The van der Waals surface area contributed by atoms with Crippen molar-refractivity contribution in [1.29, 1.82) is 0 Å². The summed E-state index contributed by atoms with van der Waals surface area (Å²) in [7, 11) is 0. The lowest BCUT2D eigenvalue weighted by Gasteiger charge is -2.11. The van der Waals surface area contributed by atoms with Gasteiger partial charge in [0.1, 0.15) is 12.4 Å². The van der Waals surface area contributed by atoms with Crippen molar-refractivity contribution in [3.05, 3.63) is 57.8 Å². The second-order valence-electron chi connectivity index (χ2n) is 4.06. The first-order chi connectivity index (χ1) is 8.69. The molecule has 0 amide bonds. The smallest absolute Gasteiger partial charge is 0.127 e. The predicted molar refractivity (Wildman–Crippen MR) is 75.3 cm³/mol. The number of nitrogens with two attached hydrogens (primary N) is 1. The Morgan fingerprint density at radius 3 is 2.89 bits per heavy atom. The van der Waals surface area contributed by atoms with Crippen molar-refractivity contribution in [2.75, 3.05) is 0 Å². The number of nitrogens with zero attached hydrogens (tertiary/aromatic N) is 1. The van der Waals surface area contributed by atoms with Gasteiger partial charge in [0.05, 0.1) is 0 Å². The SMILES string of the molecule is Cc1cc(OCc2cccc(Br)c2)c(CN)cn1. The Morgan fingerprint density at radius 2 is 2.17 bits per heavy atom. The van der Waals surface area contributed by atoms with E-state index in [9.17, 15) is 0 Å². The van der Waals surface area contributed by atoms with Crippen molar-refractivity contribution in [1.82, 2.24) is 4.98 Å². The van der Waals surface area contributed by atoms with Gasteiger partial charge < -0.3 is 10.5 Å². The highest BCUT2D eigenvalue weighted by Gasteiger charge is 2.04. The summed E-state index contributed by atoms with van der Waals surface area (Å²) in [5.74, 6) is 0.810.